The monoisotopic (exact) mass is 353 g/mol. The van der Waals surface area contributed by atoms with Crippen LogP contribution in [0.25, 0.3) is 11.5 Å². The largest absolute Gasteiger partial charge is 0.355 e. The Labute approximate surface area is 148 Å². The standard InChI is InChI=1S/C16H19N9O/c26-16-13(24-5-4-20-22-24)7-21-25(16)15-6-14(18-10-19-15)23-8-11-2-1-3-17-12(11)9-23/h4-7,10-12,17,21H,1-3,8-9H2/t11-,12+/m0/s1. The van der Waals surface area contributed by atoms with Crippen molar-refractivity contribution in [2.24, 2.45) is 5.92 Å². The minimum Gasteiger partial charge on any atom is -0.355 e. The SMILES string of the molecule is O=c1c(-n2ccnn2)c[nH]n1-c1cc(N2C[C@@H]3CCCN[C@@H]3C2)ncn1. The molecule has 5 heterocycles. The molecule has 0 amide bonds. The molecule has 0 unspecified atom stereocenters. The number of aromatic nitrogens is 7. The van der Waals surface area contributed by atoms with E-state index in [4.69, 9.17) is 0 Å². The molecule has 0 saturated carbocycles. The van der Waals surface area contributed by atoms with E-state index in [0.717, 1.165) is 25.5 Å². The normalized spacial score (nSPS) is 22.5. The van der Waals surface area contributed by atoms with E-state index in [2.05, 4.69) is 35.6 Å². The molecule has 2 atom stereocenters. The summed E-state index contributed by atoms with van der Waals surface area (Å²) < 4.78 is 2.82. The highest BCUT2D eigenvalue weighted by Gasteiger charge is 2.34. The number of aromatic amines is 1. The minimum atomic E-state index is -0.239. The Morgan fingerprint density at radius 1 is 1.19 bits per heavy atom. The molecule has 2 aliphatic heterocycles. The maximum atomic E-state index is 12.7. The van der Waals surface area contributed by atoms with Crippen LogP contribution in [0.5, 0.6) is 0 Å². The van der Waals surface area contributed by atoms with Crippen molar-refractivity contribution in [2.75, 3.05) is 24.5 Å². The summed E-state index contributed by atoms with van der Waals surface area (Å²) in [5.41, 5.74) is 0.149. The van der Waals surface area contributed by atoms with Gasteiger partial charge in [-0.15, -0.1) is 5.10 Å². The van der Waals surface area contributed by atoms with E-state index < -0.39 is 0 Å². The number of H-pyrrole nitrogens is 1. The highest BCUT2D eigenvalue weighted by Crippen LogP contribution is 2.28. The lowest BCUT2D eigenvalue weighted by molar-refractivity contribution is 0.340. The smallest absolute Gasteiger partial charge is 0.298 e. The van der Waals surface area contributed by atoms with E-state index in [9.17, 15) is 4.79 Å². The fraction of sp³-hybridized carbons (Fsp3) is 0.438. The van der Waals surface area contributed by atoms with Crippen molar-refractivity contribution in [3.63, 3.8) is 0 Å². The van der Waals surface area contributed by atoms with Gasteiger partial charge < -0.3 is 10.2 Å². The van der Waals surface area contributed by atoms with E-state index in [0.29, 0.717) is 23.5 Å². The van der Waals surface area contributed by atoms with Gasteiger partial charge in [0.15, 0.2) is 11.5 Å². The number of anilines is 1. The molecule has 0 radical (unpaired) electrons. The van der Waals surface area contributed by atoms with Crippen molar-refractivity contribution in [3.8, 4) is 11.5 Å². The van der Waals surface area contributed by atoms with Crippen LogP contribution in [0, 0.1) is 5.92 Å². The molecular weight excluding hydrogens is 334 g/mol. The fourth-order valence-corrected chi connectivity index (χ4v) is 3.90. The van der Waals surface area contributed by atoms with Gasteiger partial charge in [0, 0.05) is 25.2 Å². The average molecular weight is 353 g/mol. The zero-order chi connectivity index (χ0) is 17.5. The van der Waals surface area contributed by atoms with Crippen LogP contribution in [0.2, 0.25) is 0 Å². The highest BCUT2D eigenvalue weighted by atomic mass is 16.1. The lowest BCUT2D eigenvalue weighted by atomic mass is 9.94. The number of hydrogen-bond acceptors (Lipinski definition) is 7. The van der Waals surface area contributed by atoms with E-state index in [1.165, 1.54) is 34.7 Å². The van der Waals surface area contributed by atoms with Gasteiger partial charge in [0.05, 0.1) is 18.6 Å². The van der Waals surface area contributed by atoms with Crippen LogP contribution in [0.1, 0.15) is 12.8 Å². The molecule has 2 aliphatic rings. The van der Waals surface area contributed by atoms with Gasteiger partial charge in [-0.05, 0) is 25.3 Å². The lowest BCUT2D eigenvalue weighted by Gasteiger charge is -2.24. The Morgan fingerprint density at radius 2 is 2.12 bits per heavy atom. The van der Waals surface area contributed by atoms with E-state index in [1.54, 1.807) is 12.4 Å². The summed E-state index contributed by atoms with van der Waals surface area (Å²) in [6.07, 6.45) is 8.73. The number of rotatable bonds is 3. The van der Waals surface area contributed by atoms with Crippen LogP contribution in [-0.4, -0.2) is 60.4 Å². The Hall–Kier alpha value is -3.01. The van der Waals surface area contributed by atoms with Crippen molar-refractivity contribution in [1.82, 2.24) is 40.1 Å². The first-order valence-electron chi connectivity index (χ1n) is 8.77. The molecule has 10 heteroatoms. The van der Waals surface area contributed by atoms with Crippen LogP contribution in [0.4, 0.5) is 5.82 Å². The Morgan fingerprint density at radius 3 is 2.96 bits per heavy atom. The second-order valence-corrected chi connectivity index (χ2v) is 6.75. The molecule has 2 N–H and O–H groups in total. The van der Waals surface area contributed by atoms with E-state index in [1.807, 2.05) is 6.07 Å². The molecule has 0 bridgehead atoms. The minimum absolute atomic E-state index is 0.239. The molecule has 2 fully saturated rings. The second kappa shape index (κ2) is 6.06. The third-order valence-electron chi connectivity index (χ3n) is 5.21. The van der Waals surface area contributed by atoms with Gasteiger partial charge in [-0.25, -0.2) is 14.6 Å². The predicted octanol–water partition coefficient (Wildman–Crippen LogP) is -0.276. The first kappa shape index (κ1) is 15.3. The van der Waals surface area contributed by atoms with E-state index in [-0.39, 0.29) is 5.56 Å². The van der Waals surface area contributed by atoms with E-state index >= 15 is 0 Å². The third kappa shape index (κ3) is 2.49. The summed E-state index contributed by atoms with van der Waals surface area (Å²) in [6.45, 7) is 3.01. The van der Waals surface area contributed by atoms with Gasteiger partial charge in [-0.2, -0.15) is 4.68 Å². The fourth-order valence-electron chi connectivity index (χ4n) is 3.90. The molecule has 26 heavy (non-hydrogen) atoms. The topological polar surface area (TPSA) is 110 Å². The molecule has 0 spiro atoms. The van der Waals surface area contributed by atoms with Crippen molar-refractivity contribution < 1.29 is 0 Å². The van der Waals surface area contributed by atoms with Crippen molar-refractivity contribution in [1.29, 1.82) is 0 Å². The lowest BCUT2D eigenvalue weighted by Crippen LogP contribution is -2.40. The molecule has 0 aromatic carbocycles. The molecular formula is C16H19N9O. The Kier molecular flexibility index (Phi) is 3.56. The Bertz CT molecular complexity index is 946. The molecule has 0 aliphatic carbocycles. The molecule has 10 nitrogen and oxygen atoms in total. The van der Waals surface area contributed by atoms with Crippen LogP contribution in [0.15, 0.2) is 35.8 Å². The number of fused-ring (bicyclic) bond motifs is 1. The van der Waals surface area contributed by atoms with Crippen LogP contribution in [-0.2, 0) is 0 Å². The Balaban J connectivity index is 1.45. The van der Waals surface area contributed by atoms with Crippen LogP contribution < -0.4 is 15.8 Å². The van der Waals surface area contributed by atoms with Gasteiger partial charge >= 0.3 is 0 Å². The second-order valence-electron chi connectivity index (χ2n) is 6.75. The summed E-state index contributed by atoms with van der Waals surface area (Å²) in [5.74, 6) is 2.01. The highest BCUT2D eigenvalue weighted by molar-refractivity contribution is 5.45. The average Bonchev–Trinajstić information content (AvgIpc) is 3.40. The molecule has 3 aromatic rings. The number of hydrogen-bond donors (Lipinski definition) is 2. The van der Waals surface area contributed by atoms with Gasteiger partial charge in [0.1, 0.15) is 12.1 Å². The molecule has 3 aromatic heterocycles. The quantitative estimate of drug-likeness (QED) is 0.667. The number of piperidine rings is 1. The van der Waals surface area contributed by atoms with Gasteiger partial charge in [0.25, 0.3) is 5.56 Å². The van der Waals surface area contributed by atoms with Crippen molar-refractivity contribution in [2.45, 2.75) is 18.9 Å². The summed E-state index contributed by atoms with van der Waals surface area (Å²) in [7, 11) is 0. The molecule has 134 valence electrons. The van der Waals surface area contributed by atoms with Crippen molar-refractivity contribution >= 4 is 5.82 Å². The van der Waals surface area contributed by atoms with Crippen LogP contribution in [0.3, 0.4) is 0 Å². The maximum Gasteiger partial charge on any atom is 0.298 e. The summed E-state index contributed by atoms with van der Waals surface area (Å²) in [4.78, 5) is 23.6. The number of nitrogens with zero attached hydrogens (tertiary/aromatic N) is 7. The summed E-state index contributed by atoms with van der Waals surface area (Å²) >= 11 is 0. The zero-order valence-electron chi connectivity index (χ0n) is 14.1. The maximum absolute atomic E-state index is 12.7. The first-order chi connectivity index (χ1) is 12.8. The van der Waals surface area contributed by atoms with Gasteiger partial charge in [-0.1, -0.05) is 5.21 Å². The summed E-state index contributed by atoms with van der Waals surface area (Å²) in [6, 6.07) is 2.37. The number of nitrogens with one attached hydrogen (secondary N) is 2. The summed E-state index contributed by atoms with van der Waals surface area (Å²) in [5, 5.41) is 14.1. The van der Waals surface area contributed by atoms with Crippen molar-refractivity contribution in [3.05, 3.63) is 41.3 Å². The van der Waals surface area contributed by atoms with Gasteiger partial charge in [-0.3, -0.25) is 9.89 Å². The molecule has 2 saturated heterocycles. The third-order valence-corrected chi connectivity index (χ3v) is 5.21. The zero-order valence-corrected chi connectivity index (χ0v) is 14.1. The van der Waals surface area contributed by atoms with Gasteiger partial charge in [0.2, 0.25) is 0 Å². The van der Waals surface area contributed by atoms with Crippen LogP contribution >= 0.6 is 0 Å². The first-order valence-corrected chi connectivity index (χ1v) is 8.77. The predicted molar refractivity (Wildman–Crippen MR) is 93.6 cm³/mol. The molecule has 5 rings (SSSR count).